The van der Waals surface area contributed by atoms with Crippen molar-refractivity contribution < 1.29 is 0 Å². The smallest absolute Gasteiger partial charge is 0.129 e. The molecule has 0 aliphatic heterocycles. The average molecular weight is 219 g/mol. The first-order valence-electron chi connectivity index (χ1n) is 6.35. The minimum atomic E-state index is 0.605. The van der Waals surface area contributed by atoms with Gasteiger partial charge >= 0.3 is 0 Å². The molecule has 2 atom stereocenters. The van der Waals surface area contributed by atoms with E-state index in [-0.39, 0.29) is 0 Å². The maximum Gasteiger partial charge on any atom is 0.129 e. The molecular formula is C13H21N3. The van der Waals surface area contributed by atoms with Crippen molar-refractivity contribution >= 4 is 5.82 Å². The first-order chi connectivity index (χ1) is 7.79. The number of aromatic nitrogens is 2. The fraction of sp³-hybridized carbons (Fsp3) is 0.692. The SMILES string of the molecule is CCC1CCCCC1Nc1ccnc(C)n1. The molecule has 3 nitrogen and oxygen atoms in total. The predicted octanol–water partition coefficient (Wildman–Crippen LogP) is 3.17. The van der Waals surface area contributed by atoms with E-state index in [1.54, 1.807) is 0 Å². The molecule has 0 saturated heterocycles. The van der Waals surface area contributed by atoms with Crippen LogP contribution in [0.4, 0.5) is 5.82 Å². The molecule has 2 rings (SSSR count). The molecule has 0 spiro atoms. The molecule has 0 bridgehead atoms. The van der Waals surface area contributed by atoms with Crippen LogP contribution in [0.15, 0.2) is 12.3 Å². The quantitative estimate of drug-likeness (QED) is 0.848. The van der Waals surface area contributed by atoms with E-state index >= 15 is 0 Å². The third kappa shape index (κ3) is 2.71. The second kappa shape index (κ2) is 5.28. The molecule has 2 unspecified atom stereocenters. The summed E-state index contributed by atoms with van der Waals surface area (Å²) in [6.07, 6.45) is 8.47. The third-order valence-corrected chi connectivity index (χ3v) is 3.54. The fourth-order valence-corrected chi connectivity index (χ4v) is 2.61. The zero-order valence-corrected chi connectivity index (χ0v) is 10.2. The number of nitrogens with zero attached hydrogens (tertiary/aromatic N) is 2. The lowest BCUT2D eigenvalue weighted by molar-refractivity contribution is 0.317. The zero-order chi connectivity index (χ0) is 11.4. The van der Waals surface area contributed by atoms with Gasteiger partial charge in [0.05, 0.1) is 0 Å². The van der Waals surface area contributed by atoms with Gasteiger partial charge in [0, 0.05) is 12.2 Å². The van der Waals surface area contributed by atoms with Crippen LogP contribution in [0, 0.1) is 12.8 Å². The maximum atomic E-state index is 4.41. The van der Waals surface area contributed by atoms with E-state index in [2.05, 4.69) is 22.2 Å². The van der Waals surface area contributed by atoms with E-state index in [4.69, 9.17) is 0 Å². The molecule has 1 N–H and O–H groups in total. The lowest BCUT2D eigenvalue weighted by atomic mass is 9.83. The molecule has 1 aliphatic carbocycles. The van der Waals surface area contributed by atoms with Crippen molar-refractivity contribution in [1.82, 2.24) is 9.97 Å². The summed E-state index contributed by atoms with van der Waals surface area (Å²) >= 11 is 0. The van der Waals surface area contributed by atoms with E-state index in [9.17, 15) is 0 Å². The summed E-state index contributed by atoms with van der Waals surface area (Å²) < 4.78 is 0. The average Bonchev–Trinajstić information content (AvgIpc) is 2.30. The Hall–Kier alpha value is -1.12. The largest absolute Gasteiger partial charge is 0.367 e. The van der Waals surface area contributed by atoms with Gasteiger partial charge in [-0.15, -0.1) is 0 Å². The second-order valence-corrected chi connectivity index (χ2v) is 4.69. The molecule has 1 aromatic heterocycles. The molecular weight excluding hydrogens is 198 g/mol. The summed E-state index contributed by atoms with van der Waals surface area (Å²) in [5, 5.41) is 3.57. The molecule has 1 aromatic rings. The lowest BCUT2D eigenvalue weighted by Gasteiger charge is -2.31. The number of aryl methyl sites for hydroxylation is 1. The number of hydrogen-bond acceptors (Lipinski definition) is 3. The molecule has 0 radical (unpaired) electrons. The molecule has 16 heavy (non-hydrogen) atoms. The van der Waals surface area contributed by atoms with Crippen molar-refractivity contribution in [3.05, 3.63) is 18.1 Å². The molecule has 1 fully saturated rings. The van der Waals surface area contributed by atoms with Crippen molar-refractivity contribution in [2.45, 2.75) is 52.0 Å². The molecule has 0 aromatic carbocycles. The van der Waals surface area contributed by atoms with Crippen LogP contribution in [0.1, 0.15) is 44.9 Å². The molecule has 88 valence electrons. The van der Waals surface area contributed by atoms with Crippen molar-refractivity contribution in [3.8, 4) is 0 Å². The molecule has 3 heteroatoms. The van der Waals surface area contributed by atoms with E-state index in [0.717, 1.165) is 17.6 Å². The number of hydrogen-bond donors (Lipinski definition) is 1. The van der Waals surface area contributed by atoms with Gasteiger partial charge in [-0.2, -0.15) is 0 Å². The van der Waals surface area contributed by atoms with E-state index < -0.39 is 0 Å². The summed E-state index contributed by atoms with van der Waals surface area (Å²) in [4.78, 5) is 8.53. The van der Waals surface area contributed by atoms with Gasteiger partial charge in [-0.3, -0.25) is 0 Å². The van der Waals surface area contributed by atoms with Gasteiger partial charge in [-0.05, 0) is 31.7 Å². The van der Waals surface area contributed by atoms with Crippen LogP contribution in [0.3, 0.4) is 0 Å². The number of anilines is 1. The van der Waals surface area contributed by atoms with Crippen LogP contribution in [0.25, 0.3) is 0 Å². The molecule has 1 heterocycles. The van der Waals surface area contributed by atoms with Gasteiger partial charge in [0.2, 0.25) is 0 Å². The first kappa shape index (κ1) is 11.4. The number of nitrogens with one attached hydrogen (secondary N) is 1. The normalized spacial score (nSPS) is 25.4. The summed E-state index contributed by atoms with van der Waals surface area (Å²) in [7, 11) is 0. The van der Waals surface area contributed by atoms with Crippen LogP contribution in [-0.2, 0) is 0 Å². The Bertz CT molecular complexity index is 338. The van der Waals surface area contributed by atoms with Gasteiger partial charge in [-0.1, -0.05) is 26.2 Å². The van der Waals surface area contributed by atoms with Crippen LogP contribution in [0.2, 0.25) is 0 Å². The van der Waals surface area contributed by atoms with Gasteiger partial charge in [0.15, 0.2) is 0 Å². The van der Waals surface area contributed by atoms with Crippen LogP contribution >= 0.6 is 0 Å². The Balaban J connectivity index is 2.02. The Morgan fingerprint density at radius 1 is 1.38 bits per heavy atom. The number of rotatable bonds is 3. The van der Waals surface area contributed by atoms with Crippen LogP contribution in [0.5, 0.6) is 0 Å². The van der Waals surface area contributed by atoms with Crippen molar-refractivity contribution in [1.29, 1.82) is 0 Å². The lowest BCUT2D eigenvalue weighted by Crippen LogP contribution is -2.32. The topological polar surface area (TPSA) is 37.8 Å². The Morgan fingerprint density at radius 2 is 2.19 bits per heavy atom. The maximum absolute atomic E-state index is 4.41. The molecule has 1 aliphatic rings. The van der Waals surface area contributed by atoms with Crippen molar-refractivity contribution in [3.63, 3.8) is 0 Å². The molecule has 0 amide bonds. The minimum Gasteiger partial charge on any atom is -0.367 e. The zero-order valence-electron chi connectivity index (χ0n) is 10.2. The van der Waals surface area contributed by atoms with E-state index in [1.165, 1.54) is 32.1 Å². The van der Waals surface area contributed by atoms with E-state index in [0.29, 0.717) is 6.04 Å². The minimum absolute atomic E-state index is 0.605. The first-order valence-corrected chi connectivity index (χ1v) is 6.35. The molecule has 1 saturated carbocycles. The Morgan fingerprint density at radius 3 is 2.94 bits per heavy atom. The van der Waals surface area contributed by atoms with Gasteiger partial charge in [0.25, 0.3) is 0 Å². The van der Waals surface area contributed by atoms with Crippen LogP contribution in [-0.4, -0.2) is 16.0 Å². The van der Waals surface area contributed by atoms with Crippen molar-refractivity contribution in [2.24, 2.45) is 5.92 Å². The second-order valence-electron chi connectivity index (χ2n) is 4.69. The summed E-state index contributed by atoms with van der Waals surface area (Å²) in [5.41, 5.74) is 0. The highest BCUT2D eigenvalue weighted by molar-refractivity contribution is 5.34. The standard InChI is InChI=1S/C13H21N3/c1-3-11-6-4-5-7-12(11)16-13-8-9-14-10(2)15-13/h8-9,11-12H,3-7H2,1-2H3,(H,14,15,16). The van der Waals surface area contributed by atoms with Crippen molar-refractivity contribution in [2.75, 3.05) is 5.32 Å². The summed E-state index contributed by atoms with van der Waals surface area (Å²) in [5.74, 6) is 2.63. The van der Waals surface area contributed by atoms with Gasteiger partial charge in [0.1, 0.15) is 11.6 Å². The Labute approximate surface area is 97.7 Å². The monoisotopic (exact) mass is 219 g/mol. The summed E-state index contributed by atoms with van der Waals surface area (Å²) in [6.45, 7) is 4.22. The van der Waals surface area contributed by atoms with Gasteiger partial charge < -0.3 is 5.32 Å². The van der Waals surface area contributed by atoms with E-state index in [1.807, 2.05) is 19.2 Å². The highest BCUT2D eigenvalue weighted by Crippen LogP contribution is 2.28. The highest BCUT2D eigenvalue weighted by atomic mass is 15.0. The Kier molecular flexibility index (Phi) is 3.75. The van der Waals surface area contributed by atoms with Crippen LogP contribution < -0.4 is 5.32 Å². The highest BCUT2D eigenvalue weighted by Gasteiger charge is 2.23. The fourth-order valence-electron chi connectivity index (χ4n) is 2.61. The summed E-state index contributed by atoms with van der Waals surface area (Å²) in [6, 6.07) is 2.57. The third-order valence-electron chi connectivity index (χ3n) is 3.54. The predicted molar refractivity (Wildman–Crippen MR) is 66.4 cm³/mol. The van der Waals surface area contributed by atoms with Gasteiger partial charge in [-0.25, -0.2) is 9.97 Å².